The van der Waals surface area contributed by atoms with E-state index in [2.05, 4.69) is 5.32 Å². The van der Waals surface area contributed by atoms with E-state index in [1.54, 1.807) is 6.92 Å². The molecule has 1 saturated heterocycles. The third-order valence-corrected chi connectivity index (χ3v) is 5.83. The van der Waals surface area contributed by atoms with Crippen molar-refractivity contribution in [3.63, 3.8) is 0 Å². The highest BCUT2D eigenvalue weighted by Gasteiger charge is 2.33. The zero-order chi connectivity index (χ0) is 20.4. The highest BCUT2D eigenvalue weighted by Crippen LogP contribution is 2.33. The molecular weight excluding hydrogens is 366 g/mol. The maximum absolute atomic E-state index is 13.0. The van der Waals surface area contributed by atoms with Crippen LogP contribution in [0.5, 0.6) is 0 Å². The van der Waals surface area contributed by atoms with E-state index >= 15 is 0 Å². The third kappa shape index (κ3) is 3.95. The summed E-state index contributed by atoms with van der Waals surface area (Å²) in [6.07, 6.45) is 2.94. The highest BCUT2D eigenvalue weighted by atomic mass is 16.2. The SMILES string of the molecule is CNc1nc(C2CCCN2C(=O)Cc2ccccc2)nc2c1CN(C(C)=O)CC2. The van der Waals surface area contributed by atoms with Gasteiger partial charge in [0.15, 0.2) is 5.82 Å². The molecule has 1 aromatic carbocycles. The monoisotopic (exact) mass is 393 g/mol. The number of amides is 2. The number of benzene rings is 1. The number of rotatable bonds is 4. The van der Waals surface area contributed by atoms with Crippen molar-refractivity contribution in [1.82, 2.24) is 19.8 Å². The van der Waals surface area contributed by atoms with E-state index in [-0.39, 0.29) is 17.9 Å². The number of nitrogens with zero attached hydrogens (tertiary/aromatic N) is 4. The Kier molecular flexibility index (Phi) is 5.47. The fraction of sp³-hybridized carbons (Fsp3) is 0.455. The van der Waals surface area contributed by atoms with Gasteiger partial charge in [-0.2, -0.15) is 0 Å². The molecule has 1 unspecified atom stereocenters. The number of hydrogen-bond donors (Lipinski definition) is 1. The maximum atomic E-state index is 13.0. The van der Waals surface area contributed by atoms with Gasteiger partial charge in [-0.1, -0.05) is 30.3 Å². The molecule has 2 aliphatic heterocycles. The van der Waals surface area contributed by atoms with Crippen molar-refractivity contribution in [1.29, 1.82) is 0 Å². The van der Waals surface area contributed by atoms with E-state index in [0.29, 0.717) is 31.8 Å². The Morgan fingerprint density at radius 2 is 1.97 bits per heavy atom. The molecule has 7 nitrogen and oxygen atoms in total. The Morgan fingerprint density at radius 3 is 2.69 bits per heavy atom. The van der Waals surface area contributed by atoms with Gasteiger partial charge >= 0.3 is 0 Å². The Morgan fingerprint density at radius 1 is 1.17 bits per heavy atom. The molecule has 0 aliphatic carbocycles. The standard InChI is InChI=1S/C22H27N5O2/c1-15(28)26-12-10-18-17(14-26)21(23-2)25-22(24-18)19-9-6-11-27(19)20(29)13-16-7-4-3-5-8-16/h3-5,7-8,19H,6,9-14H2,1-2H3,(H,23,24,25). The molecule has 0 bridgehead atoms. The topological polar surface area (TPSA) is 78.4 Å². The van der Waals surface area contributed by atoms with Crippen molar-refractivity contribution in [2.75, 3.05) is 25.5 Å². The average molecular weight is 393 g/mol. The van der Waals surface area contributed by atoms with Crippen molar-refractivity contribution < 1.29 is 9.59 Å². The van der Waals surface area contributed by atoms with Crippen molar-refractivity contribution >= 4 is 17.6 Å². The number of anilines is 1. The Bertz CT molecular complexity index is 898. The van der Waals surface area contributed by atoms with Crippen LogP contribution in [-0.2, 0) is 29.0 Å². The molecule has 0 radical (unpaired) electrons. The first-order valence-corrected chi connectivity index (χ1v) is 10.2. The predicted octanol–water partition coefficient (Wildman–Crippen LogP) is 2.33. The van der Waals surface area contributed by atoms with Crippen LogP contribution in [0.4, 0.5) is 5.82 Å². The van der Waals surface area contributed by atoms with Crippen LogP contribution in [0.25, 0.3) is 0 Å². The molecular formula is C22H27N5O2. The molecule has 2 amide bonds. The van der Waals surface area contributed by atoms with E-state index in [0.717, 1.165) is 42.0 Å². The van der Waals surface area contributed by atoms with Gasteiger partial charge < -0.3 is 15.1 Å². The summed E-state index contributed by atoms with van der Waals surface area (Å²) in [6.45, 7) is 3.53. The quantitative estimate of drug-likeness (QED) is 0.863. The Balaban J connectivity index is 1.59. The summed E-state index contributed by atoms with van der Waals surface area (Å²) in [5, 5.41) is 3.17. The third-order valence-electron chi connectivity index (χ3n) is 5.83. The first kappa shape index (κ1) is 19.4. The summed E-state index contributed by atoms with van der Waals surface area (Å²) in [4.78, 5) is 38.1. The average Bonchev–Trinajstić information content (AvgIpc) is 3.23. The Labute approximate surface area is 171 Å². The van der Waals surface area contributed by atoms with Gasteiger partial charge in [-0.05, 0) is 18.4 Å². The van der Waals surface area contributed by atoms with Crippen LogP contribution in [0.15, 0.2) is 30.3 Å². The first-order valence-electron chi connectivity index (χ1n) is 10.2. The molecule has 7 heteroatoms. The van der Waals surface area contributed by atoms with Crippen LogP contribution in [-0.4, -0.2) is 51.7 Å². The van der Waals surface area contributed by atoms with Gasteiger partial charge in [0.1, 0.15) is 5.82 Å². The largest absolute Gasteiger partial charge is 0.373 e. The summed E-state index contributed by atoms with van der Waals surface area (Å²) in [7, 11) is 1.84. The predicted molar refractivity (Wildman–Crippen MR) is 110 cm³/mol. The van der Waals surface area contributed by atoms with Crippen molar-refractivity contribution in [2.45, 2.75) is 45.2 Å². The normalized spacial score (nSPS) is 18.5. The lowest BCUT2D eigenvalue weighted by Crippen LogP contribution is -2.36. The lowest BCUT2D eigenvalue weighted by Gasteiger charge is -2.30. The summed E-state index contributed by atoms with van der Waals surface area (Å²) < 4.78 is 0. The van der Waals surface area contributed by atoms with E-state index in [1.165, 1.54) is 0 Å². The molecule has 1 aromatic heterocycles. The van der Waals surface area contributed by atoms with Crippen molar-refractivity contribution in [3.05, 3.63) is 53.0 Å². The second kappa shape index (κ2) is 8.19. The Hall–Kier alpha value is -2.96. The van der Waals surface area contributed by atoms with Crippen LogP contribution in [0.2, 0.25) is 0 Å². The second-order valence-electron chi connectivity index (χ2n) is 7.70. The molecule has 2 aliphatic rings. The van der Waals surface area contributed by atoms with Crippen LogP contribution < -0.4 is 5.32 Å². The van der Waals surface area contributed by atoms with Gasteiger partial charge in [0, 0.05) is 39.0 Å². The van der Waals surface area contributed by atoms with Crippen molar-refractivity contribution in [3.8, 4) is 0 Å². The fourth-order valence-corrected chi connectivity index (χ4v) is 4.26. The smallest absolute Gasteiger partial charge is 0.227 e. The molecule has 29 heavy (non-hydrogen) atoms. The molecule has 4 rings (SSSR count). The van der Waals surface area contributed by atoms with Crippen molar-refractivity contribution in [2.24, 2.45) is 0 Å². The van der Waals surface area contributed by atoms with Gasteiger partial charge in [0.2, 0.25) is 11.8 Å². The van der Waals surface area contributed by atoms with Gasteiger partial charge in [0.25, 0.3) is 0 Å². The summed E-state index contributed by atoms with van der Waals surface area (Å²) in [6, 6.07) is 9.76. The summed E-state index contributed by atoms with van der Waals surface area (Å²) >= 11 is 0. The zero-order valence-corrected chi connectivity index (χ0v) is 17.0. The number of carbonyl (C=O) groups is 2. The van der Waals surface area contributed by atoms with Crippen LogP contribution in [0, 0.1) is 0 Å². The maximum Gasteiger partial charge on any atom is 0.227 e. The van der Waals surface area contributed by atoms with E-state index in [9.17, 15) is 9.59 Å². The molecule has 0 saturated carbocycles. The number of likely N-dealkylation sites (tertiary alicyclic amines) is 1. The van der Waals surface area contributed by atoms with Gasteiger partial charge in [-0.15, -0.1) is 0 Å². The number of aromatic nitrogens is 2. The second-order valence-corrected chi connectivity index (χ2v) is 7.70. The number of fused-ring (bicyclic) bond motifs is 1. The first-order chi connectivity index (χ1) is 14.1. The fourth-order valence-electron chi connectivity index (χ4n) is 4.26. The van der Waals surface area contributed by atoms with E-state index in [1.807, 2.05) is 47.2 Å². The molecule has 1 atom stereocenters. The van der Waals surface area contributed by atoms with Gasteiger partial charge in [-0.25, -0.2) is 9.97 Å². The minimum absolute atomic E-state index is 0.0651. The molecule has 1 N–H and O–H groups in total. The molecule has 0 spiro atoms. The molecule has 3 heterocycles. The minimum atomic E-state index is -0.0885. The summed E-state index contributed by atoms with van der Waals surface area (Å²) in [5.41, 5.74) is 2.99. The highest BCUT2D eigenvalue weighted by molar-refractivity contribution is 5.79. The number of nitrogens with one attached hydrogen (secondary N) is 1. The van der Waals surface area contributed by atoms with Crippen LogP contribution >= 0.6 is 0 Å². The van der Waals surface area contributed by atoms with E-state index in [4.69, 9.17) is 9.97 Å². The lowest BCUT2D eigenvalue weighted by molar-refractivity contribution is -0.132. The van der Waals surface area contributed by atoms with Crippen LogP contribution in [0.3, 0.4) is 0 Å². The lowest BCUT2D eigenvalue weighted by atomic mass is 10.0. The van der Waals surface area contributed by atoms with Gasteiger partial charge in [-0.3, -0.25) is 9.59 Å². The molecule has 152 valence electrons. The van der Waals surface area contributed by atoms with Gasteiger partial charge in [0.05, 0.1) is 24.7 Å². The molecule has 1 fully saturated rings. The van der Waals surface area contributed by atoms with Crippen LogP contribution in [0.1, 0.15) is 48.5 Å². The number of hydrogen-bond acceptors (Lipinski definition) is 5. The summed E-state index contributed by atoms with van der Waals surface area (Å²) in [5.74, 6) is 1.66. The van der Waals surface area contributed by atoms with E-state index < -0.39 is 0 Å². The zero-order valence-electron chi connectivity index (χ0n) is 17.0. The minimum Gasteiger partial charge on any atom is -0.373 e. The molecule has 2 aromatic rings. The number of carbonyl (C=O) groups excluding carboxylic acids is 2.